The van der Waals surface area contributed by atoms with E-state index in [1.807, 2.05) is 0 Å². The second kappa shape index (κ2) is 9.21. The topological polar surface area (TPSA) is 43.8 Å². The van der Waals surface area contributed by atoms with Gasteiger partial charge in [-0.1, -0.05) is 48.5 Å². The van der Waals surface area contributed by atoms with Crippen molar-refractivity contribution in [1.29, 1.82) is 0 Å². The van der Waals surface area contributed by atoms with Gasteiger partial charge in [-0.2, -0.15) is 0 Å². The van der Waals surface area contributed by atoms with Crippen molar-refractivity contribution < 1.29 is 9.90 Å². The van der Waals surface area contributed by atoms with Crippen LogP contribution in [0.2, 0.25) is 0 Å². The molecule has 0 aromatic carbocycles. The highest BCUT2D eigenvalue weighted by Crippen LogP contribution is 2.79. The quantitative estimate of drug-likeness (QED) is 0.387. The molecule has 7 aliphatic rings. The van der Waals surface area contributed by atoms with Gasteiger partial charge in [0.25, 0.3) is 0 Å². The summed E-state index contributed by atoms with van der Waals surface area (Å²) in [6.45, 7) is 22.8. The van der Waals surface area contributed by atoms with E-state index in [1.165, 1.54) is 57.8 Å². The van der Waals surface area contributed by atoms with Crippen molar-refractivity contribution in [3.63, 3.8) is 0 Å². The van der Waals surface area contributed by atoms with Crippen molar-refractivity contribution in [2.24, 2.45) is 62.1 Å². The van der Waals surface area contributed by atoms with E-state index in [2.05, 4.69) is 58.3 Å². The van der Waals surface area contributed by atoms with Gasteiger partial charge < -0.3 is 14.9 Å². The van der Waals surface area contributed by atoms with Crippen LogP contribution in [0, 0.1) is 62.1 Å². The number of fused-ring (bicyclic) bond motifs is 7. The number of carbonyl (C=O) groups excluding carboxylic acids is 1. The molecule has 4 heteroatoms. The molecule has 0 aromatic rings. The maximum absolute atomic E-state index is 14.8. The number of nitrogens with zero attached hydrogens (tertiary/aromatic N) is 2. The van der Waals surface area contributed by atoms with Crippen LogP contribution in [0.5, 0.6) is 0 Å². The number of aliphatic hydroxyl groups excluding tert-OH is 1. The van der Waals surface area contributed by atoms with Crippen LogP contribution in [-0.4, -0.2) is 59.6 Å². The first-order valence-electron chi connectivity index (χ1n) is 18.0. The van der Waals surface area contributed by atoms with E-state index in [0.717, 1.165) is 63.8 Å². The van der Waals surface area contributed by atoms with Crippen LogP contribution in [-0.2, 0) is 4.79 Å². The molecule has 4 nitrogen and oxygen atoms in total. The van der Waals surface area contributed by atoms with Crippen molar-refractivity contribution in [1.82, 2.24) is 9.80 Å². The molecular weight excluding hydrogens is 504 g/mol. The van der Waals surface area contributed by atoms with Crippen LogP contribution in [0.25, 0.3) is 0 Å². The zero-order valence-electron chi connectivity index (χ0n) is 27.7. The molecular formula is C37H62N2O2. The molecule has 232 valence electrons. The summed E-state index contributed by atoms with van der Waals surface area (Å²) in [5.41, 5.74) is 1.36. The fraction of sp³-hybridized carbons (Fsp3) is 0.973. The standard InChI is InChI=1S/C37H62N2O2/c1-8-38-21-23-39(24-22-38)31(41)37-16-11-25(33(4)17-18-33)30(37)26-9-10-28-34(5)14-13-29(40)32(2,3)27(34)12-15-36(28,7)35(26,6)19-20-37/h25-30,40H,8-24H2,1-7H3/t25-,26-,27?,28?,29+,30?,34+,35-,36-,37+/m1/s1. The third-order valence-corrected chi connectivity index (χ3v) is 16.9. The highest BCUT2D eigenvalue weighted by Gasteiger charge is 2.73. The van der Waals surface area contributed by atoms with Gasteiger partial charge in [0, 0.05) is 26.2 Å². The Hall–Kier alpha value is -0.610. The molecule has 1 N–H and O–H groups in total. The summed E-state index contributed by atoms with van der Waals surface area (Å²) in [5.74, 6) is 3.93. The van der Waals surface area contributed by atoms with Gasteiger partial charge in [0.2, 0.25) is 5.91 Å². The van der Waals surface area contributed by atoms with Crippen LogP contribution < -0.4 is 0 Å². The van der Waals surface area contributed by atoms with E-state index in [1.54, 1.807) is 0 Å². The SMILES string of the molecule is CCN1CCN(C(=O)[C@]23CC[C@@H](C4(C)CC4)C2[C@H]2CCC4[C@@]5(C)CC[C@H](O)C(C)(C)C5CC[C@@]4(C)[C@]2(C)CC3)CC1. The Bertz CT molecular complexity index is 1060. The largest absolute Gasteiger partial charge is 0.393 e. The van der Waals surface area contributed by atoms with E-state index < -0.39 is 0 Å². The Kier molecular flexibility index (Phi) is 6.54. The van der Waals surface area contributed by atoms with Crippen molar-refractivity contribution in [2.45, 2.75) is 132 Å². The number of aliphatic hydroxyl groups is 1. The second-order valence-electron chi connectivity index (χ2n) is 18.3. The summed E-state index contributed by atoms with van der Waals surface area (Å²) < 4.78 is 0. The molecule has 3 unspecified atom stereocenters. The lowest BCUT2D eigenvalue weighted by Gasteiger charge is -2.73. The number of hydrogen-bond donors (Lipinski definition) is 1. The van der Waals surface area contributed by atoms with Gasteiger partial charge in [0.1, 0.15) is 0 Å². The maximum atomic E-state index is 14.8. The van der Waals surface area contributed by atoms with Gasteiger partial charge in [-0.3, -0.25) is 4.79 Å². The summed E-state index contributed by atoms with van der Waals surface area (Å²) in [5, 5.41) is 11.1. The van der Waals surface area contributed by atoms with Crippen molar-refractivity contribution in [3.8, 4) is 0 Å². The van der Waals surface area contributed by atoms with Gasteiger partial charge in [-0.05, 0) is 140 Å². The van der Waals surface area contributed by atoms with Crippen molar-refractivity contribution in [3.05, 3.63) is 0 Å². The Morgan fingerprint density at radius 1 is 0.707 bits per heavy atom. The zero-order chi connectivity index (χ0) is 29.2. The highest BCUT2D eigenvalue weighted by molar-refractivity contribution is 5.84. The number of rotatable bonds is 3. The van der Waals surface area contributed by atoms with Crippen LogP contribution >= 0.6 is 0 Å². The van der Waals surface area contributed by atoms with Gasteiger partial charge in [-0.15, -0.1) is 0 Å². The molecule has 0 aromatic heterocycles. The van der Waals surface area contributed by atoms with E-state index in [-0.39, 0.29) is 16.9 Å². The maximum Gasteiger partial charge on any atom is 0.229 e. The molecule has 41 heavy (non-hydrogen) atoms. The predicted octanol–water partition coefficient (Wildman–Crippen LogP) is 7.39. The van der Waals surface area contributed by atoms with Crippen LogP contribution in [0.4, 0.5) is 0 Å². The lowest BCUT2D eigenvalue weighted by Crippen LogP contribution is -2.67. The fourth-order valence-electron chi connectivity index (χ4n) is 13.9. The average Bonchev–Trinajstić information content (AvgIpc) is 3.56. The highest BCUT2D eigenvalue weighted by atomic mass is 16.3. The smallest absolute Gasteiger partial charge is 0.229 e. The molecule has 10 atom stereocenters. The van der Waals surface area contributed by atoms with Crippen LogP contribution in [0.1, 0.15) is 126 Å². The molecule has 7 rings (SSSR count). The Balaban J connectivity index is 1.24. The molecule has 6 aliphatic carbocycles. The molecule has 0 spiro atoms. The van der Waals surface area contributed by atoms with E-state index >= 15 is 0 Å². The van der Waals surface area contributed by atoms with Crippen molar-refractivity contribution >= 4 is 5.91 Å². The summed E-state index contributed by atoms with van der Waals surface area (Å²) in [4.78, 5) is 19.7. The molecule has 7 fully saturated rings. The third kappa shape index (κ3) is 3.74. The predicted molar refractivity (Wildman–Crippen MR) is 166 cm³/mol. The van der Waals surface area contributed by atoms with E-state index in [4.69, 9.17) is 0 Å². The zero-order valence-corrected chi connectivity index (χ0v) is 27.7. The first-order chi connectivity index (χ1) is 19.3. The molecule has 1 saturated heterocycles. The molecule has 6 saturated carbocycles. The number of likely N-dealkylation sites (N-methyl/N-ethyl adjacent to an activating group) is 1. The number of piperazine rings is 1. The van der Waals surface area contributed by atoms with Crippen LogP contribution in [0.15, 0.2) is 0 Å². The Morgan fingerprint density at radius 3 is 2.07 bits per heavy atom. The van der Waals surface area contributed by atoms with E-state index in [9.17, 15) is 9.90 Å². The summed E-state index contributed by atoms with van der Waals surface area (Å²) in [7, 11) is 0. The van der Waals surface area contributed by atoms with Crippen molar-refractivity contribution in [2.75, 3.05) is 32.7 Å². The number of amides is 1. The summed E-state index contributed by atoms with van der Waals surface area (Å²) in [6, 6.07) is 0. The summed E-state index contributed by atoms with van der Waals surface area (Å²) in [6.07, 6.45) is 14.9. The number of carbonyl (C=O) groups is 1. The van der Waals surface area contributed by atoms with E-state index in [0.29, 0.717) is 45.3 Å². The summed E-state index contributed by atoms with van der Waals surface area (Å²) >= 11 is 0. The second-order valence-corrected chi connectivity index (χ2v) is 18.3. The van der Waals surface area contributed by atoms with Gasteiger partial charge >= 0.3 is 0 Å². The number of hydrogen-bond acceptors (Lipinski definition) is 3. The first-order valence-corrected chi connectivity index (χ1v) is 18.0. The van der Waals surface area contributed by atoms with Gasteiger partial charge in [-0.25, -0.2) is 0 Å². The third-order valence-electron chi connectivity index (χ3n) is 16.9. The van der Waals surface area contributed by atoms with Gasteiger partial charge in [0.05, 0.1) is 11.5 Å². The minimum Gasteiger partial charge on any atom is -0.393 e. The molecule has 1 amide bonds. The Morgan fingerprint density at radius 2 is 1.41 bits per heavy atom. The lowest BCUT2D eigenvalue weighted by atomic mass is 9.32. The lowest BCUT2D eigenvalue weighted by molar-refractivity contribution is -0.249. The molecule has 1 aliphatic heterocycles. The minimum absolute atomic E-state index is 0.0130. The Labute approximate surface area is 251 Å². The molecule has 0 radical (unpaired) electrons. The monoisotopic (exact) mass is 566 g/mol. The van der Waals surface area contributed by atoms with Gasteiger partial charge in [0.15, 0.2) is 0 Å². The average molecular weight is 567 g/mol. The molecule has 0 bridgehead atoms. The normalized spacial score (nSPS) is 52.1. The fourth-order valence-corrected chi connectivity index (χ4v) is 13.9. The minimum atomic E-state index is -0.157. The van der Waals surface area contributed by atoms with Crippen LogP contribution in [0.3, 0.4) is 0 Å². The first kappa shape index (κ1) is 29.1. The molecule has 1 heterocycles.